The second-order valence-corrected chi connectivity index (χ2v) is 6.00. The fraction of sp³-hybridized carbons (Fsp3) is 0.267. The minimum absolute atomic E-state index is 0.0397. The molecule has 0 saturated heterocycles. The van der Waals surface area contributed by atoms with E-state index in [0.717, 1.165) is 15.7 Å². The molecule has 0 bridgehead atoms. The van der Waals surface area contributed by atoms with Crippen LogP contribution in [0.4, 0.5) is 0 Å². The molecule has 1 unspecified atom stereocenters. The van der Waals surface area contributed by atoms with Gasteiger partial charge < -0.3 is 9.88 Å². The second-order valence-electron chi connectivity index (χ2n) is 4.40. The first-order valence-corrected chi connectivity index (χ1v) is 7.82. The molecule has 1 aromatic carbocycles. The summed E-state index contributed by atoms with van der Waals surface area (Å²) >= 11 is 7.53. The highest BCUT2D eigenvalue weighted by Gasteiger charge is 2.12. The Labute approximate surface area is 128 Å². The van der Waals surface area contributed by atoms with Crippen LogP contribution in [0.5, 0.6) is 0 Å². The molecular formula is C15H17ClN2OS. The number of nitrogens with one attached hydrogen (secondary N) is 1. The molecule has 3 nitrogen and oxygen atoms in total. The molecule has 1 atom stereocenters. The van der Waals surface area contributed by atoms with Gasteiger partial charge in [-0.25, -0.2) is 0 Å². The average molecular weight is 309 g/mol. The average Bonchev–Trinajstić information content (AvgIpc) is 2.98. The highest BCUT2D eigenvalue weighted by Crippen LogP contribution is 2.19. The van der Waals surface area contributed by atoms with Crippen LogP contribution in [0.2, 0.25) is 5.02 Å². The Bertz CT molecular complexity index is 540. The van der Waals surface area contributed by atoms with Crippen molar-refractivity contribution in [3.8, 4) is 0 Å². The van der Waals surface area contributed by atoms with E-state index in [1.807, 2.05) is 60.3 Å². The molecule has 1 heterocycles. The zero-order valence-corrected chi connectivity index (χ0v) is 12.8. The molecule has 2 aromatic rings. The van der Waals surface area contributed by atoms with E-state index >= 15 is 0 Å². The first kappa shape index (κ1) is 15.0. The number of carbonyl (C=O) groups excluding carboxylic acids is 1. The van der Waals surface area contributed by atoms with Crippen molar-refractivity contribution in [3.63, 3.8) is 0 Å². The molecule has 0 spiro atoms. The van der Waals surface area contributed by atoms with Gasteiger partial charge in [-0.1, -0.05) is 11.6 Å². The van der Waals surface area contributed by atoms with Crippen molar-refractivity contribution in [2.24, 2.45) is 0 Å². The van der Waals surface area contributed by atoms with E-state index in [9.17, 15) is 4.79 Å². The van der Waals surface area contributed by atoms with Gasteiger partial charge in [-0.05, 0) is 43.3 Å². The number of halogens is 1. The van der Waals surface area contributed by atoms with Crippen LogP contribution in [-0.2, 0) is 4.79 Å². The van der Waals surface area contributed by atoms with Gasteiger partial charge in [-0.2, -0.15) is 0 Å². The Morgan fingerprint density at radius 2 is 1.95 bits per heavy atom. The molecule has 1 amide bonds. The predicted octanol–water partition coefficient (Wildman–Crippen LogP) is 3.61. The Balaban J connectivity index is 1.70. The summed E-state index contributed by atoms with van der Waals surface area (Å²) in [5.41, 5.74) is 0. The van der Waals surface area contributed by atoms with E-state index in [4.69, 9.17) is 11.6 Å². The molecule has 106 valence electrons. The number of aromatic nitrogens is 1. The number of thioether (sulfide) groups is 1. The number of carbonyl (C=O) groups is 1. The number of amides is 1. The standard InChI is InChI=1S/C15H17ClN2OS/c1-12(18-9-2-3-10-18)15(19)17-8-11-20-14-6-4-13(16)5-7-14/h2-7,9-10,12H,8,11H2,1H3,(H,17,19). The van der Waals surface area contributed by atoms with E-state index in [1.54, 1.807) is 11.8 Å². The molecule has 0 fully saturated rings. The number of rotatable bonds is 6. The lowest BCUT2D eigenvalue weighted by Gasteiger charge is -2.13. The predicted molar refractivity (Wildman–Crippen MR) is 84.3 cm³/mol. The maximum Gasteiger partial charge on any atom is 0.242 e. The maximum absolute atomic E-state index is 11.9. The van der Waals surface area contributed by atoms with Gasteiger partial charge in [0.05, 0.1) is 0 Å². The first-order chi connectivity index (χ1) is 9.66. The van der Waals surface area contributed by atoms with Crippen molar-refractivity contribution in [3.05, 3.63) is 53.8 Å². The third kappa shape index (κ3) is 4.32. The summed E-state index contributed by atoms with van der Waals surface area (Å²) in [6.07, 6.45) is 3.79. The fourth-order valence-corrected chi connectivity index (χ4v) is 2.66. The smallest absolute Gasteiger partial charge is 0.242 e. The first-order valence-electron chi connectivity index (χ1n) is 6.45. The summed E-state index contributed by atoms with van der Waals surface area (Å²) in [5.74, 6) is 0.879. The molecule has 2 rings (SSSR count). The van der Waals surface area contributed by atoms with Crippen LogP contribution in [0.1, 0.15) is 13.0 Å². The number of hydrogen-bond donors (Lipinski definition) is 1. The van der Waals surface area contributed by atoms with Crippen LogP contribution < -0.4 is 5.32 Å². The van der Waals surface area contributed by atoms with Crippen molar-refractivity contribution in [2.75, 3.05) is 12.3 Å². The Kier molecular flexibility index (Phi) is 5.56. The molecule has 5 heteroatoms. The van der Waals surface area contributed by atoms with Gasteiger partial charge in [0.2, 0.25) is 5.91 Å². The van der Waals surface area contributed by atoms with Crippen molar-refractivity contribution in [1.82, 2.24) is 9.88 Å². The second kappa shape index (κ2) is 7.41. The quantitative estimate of drug-likeness (QED) is 0.653. The third-order valence-electron chi connectivity index (χ3n) is 2.94. The zero-order valence-electron chi connectivity index (χ0n) is 11.3. The molecule has 1 N–H and O–H groups in total. The minimum Gasteiger partial charge on any atom is -0.353 e. The van der Waals surface area contributed by atoms with Gasteiger partial charge in [-0.15, -0.1) is 11.8 Å². The summed E-state index contributed by atoms with van der Waals surface area (Å²) in [4.78, 5) is 13.1. The summed E-state index contributed by atoms with van der Waals surface area (Å²) < 4.78 is 1.89. The number of benzene rings is 1. The van der Waals surface area contributed by atoms with Crippen molar-refractivity contribution in [1.29, 1.82) is 0 Å². The SMILES string of the molecule is CC(C(=O)NCCSc1ccc(Cl)cc1)n1cccc1. The van der Waals surface area contributed by atoms with Crippen LogP contribution in [0.15, 0.2) is 53.7 Å². The lowest BCUT2D eigenvalue weighted by atomic mass is 10.3. The van der Waals surface area contributed by atoms with Crippen molar-refractivity contribution < 1.29 is 4.79 Å². The van der Waals surface area contributed by atoms with Crippen LogP contribution in [0, 0.1) is 0 Å². The van der Waals surface area contributed by atoms with Crippen LogP contribution in [0.3, 0.4) is 0 Å². The molecular weight excluding hydrogens is 292 g/mol. The topological polar surface area (TPSA) is 34.0 Å². The minimum atomic E-state index is -0.175. The molecule has 0 aliphatic heterocycles. The van der Waals surface area contributed by atoms with Gasteiger partial charge in [-0.3, -0.25) is 4.79 Å². The van der Waals surface area contributed by atoms with E-state index in [2.05, 4.69) is 5.32 Å². The Morgan fingerprint density at radius 1 is 1.30 bits per heavy atom. The van der Waals surface area contributed by atoms with E-state index in [1.165, 1.54) is 0 Å². The number of nitrogens with zero attached hydrogens (tertiary/aromatic N) is 1. The number of hydrogen-bond acceptors (Lipinski definition) is 2. The van der Waals surface area contributed by atoms with E-state index in [-0.39, 0.29) is 11.9 Å². The van der Waals surface area contributed by atoms with Crippen LogP contribution in [-0.4, -0.2) is 22.8 Å². The molecule has 0 saturated carbocycles. The maximum atomic E-state index is 11.9. The van der Waals surface area contributed by atoms with Gasteiger partial charge in [0.1, 0.15) is 6.04 Å². The Hall–Kier alpha value is -1.39. The molecule has 20 heavy (non-hydrogen) atoms. The highest BCUT2D eigenvalue weighted by molar-refractivity contribution is 7.99. The van der Waals surface area contributed by atoms with Gasteiger partial charge in [0.15, 0.2) is 0 Å². The lowest BCUT2D eigenvalue weighted by Crippen LogP contribution is -2.32. The van der Waals surface area contributed by atoms with Crippen molar-refractivity contribution >= 4 is 29.3 Å². The highest BCUT2D eigenvalue weighted by atomic mass is 35.5. The van der Waals surface area contributed by atoms with E-state index in [0.29, 0.717) is 6.54 Å². The third-order valence-corrected chi connectivity index (χ3v) is 4.20. The van der Waals surface area contributed by atoms with Gasteiger partial charge in [0.25, 0.3) is 0 Å². The fourth-order valence-electron chi connectivity index (χ4n) is 1.76. The normalized spacial score (nSPS) is 12.1. The van der Waals surface area contributed by atoms with E-state index < -0.39 is 0 Å². The molecule has 0 aliphatic carbocycles. The van der Waals surface area contributed by atoms with Crippen molar-refractivity contribution in [2.45, 2.75) is 17.9 Å². The zero-order chi connectivity index (χ0) is 14.4. The van der Waals surface area contributed by atoms with Crippen LogP contribution >= 0.6 is 23.4 Å². The van der Waals surface area contributed by atoms with Crippen LogP contribution in [0.25, 0.3) is 0 Å². The largest absolute Gasteiger partial charge is 0.353 e. The Morgan fingerprint density at radius 3 is 2.60 bits per heavy atom. The lowest BCUT2D eigenvalue weighted by molar-refractivity contribution is -0.123. The summed E-state index contributed by atoms with van der Waals surface area (Å²) in [6, 6.07) is 11.4. The van der Waals surface area contributed by atoms with Gasteiger partial charge >= 0.3 is 0 Å². The molecule has 0 aliphatic rings. The molecule has 1 aromatic heterocycles. The monoisotopic (exact) mass is 308 g/mol. The molecule has 0 radical (unpaired) electrons. The summed E-state index contributed by atoms with van der Waals surface area (Å²) in [7, 11) is 0. The summed E-state index contributed by atoms with van der Waals surface area (Å²) in [5, 5.41) is 3.68. The van der Waals surface area contributed by atoms with Gasteiger partial charge in [0, 0.05) is 34.6 Å². The summed E-state index contributed by atoms with van der Waals surface area (Å²) in [6.45, 7) is 2.54.